The SMILES string of the molecule is CC[C@H]1Cc2ncc(C(=O)NO)cc2CN1C1CC2(CCN(C3CC3)CC2)C1. The molecule has 1 aromatic heterocycles. The van der Waals surface area contributed by atoms with Gasteiger partial charge in [-0.1, -0.05) is 6.92 Å². The molecular weight excluding hydrogens is 352 g/mol. The summed E-state index contributed by atoms with van der Waals surface area (Å²) in [6, 6.07) is 4.04. The Labute approximate surface area is 167 Å². The Morgan fingerprint density at radius 3 is 2.68 bits per heavy atom. The van der Waals surface area contributed by atoms with E-state index in [0.717, 1.165) is 36.7 Å². The molecule has 28 heavy (non-hydrogen) atoms. The topological polar surface area (TPSA) is 68.7 Å². The average Bonchev–Trinajstić information content (AvgIpc) is 3.55. The highest BCUT2D eigenvalue weighted by molar-refractivity contribution is 5.93. The Hall–Kier alpha value is -1.50. The summed E-state index contributed by atoms with van der Waals surface area (Å²) in [4.78, 5) is 21.7. The lowest BCUT2D eigenvalue weighted by atomic mass is 9.59. The minimum atomic E-state index is -0.482. The van der Waals surface area contributed by atoms with Crippen molar-refractivity contribution in [2.75, 3.05) is 13.1 Å². The molecule has 2 saturated carbocycles. The zero-order valence-electron chi connectivity index (χ0n) is 16.9. The first-order valence-electron chi connectivity index (χ1n) is 11.0. The Morgan fingerprint density at radius 1 is 1.29 bits per heavy atom. The highest BCUT2D eigenvalue weighted by Gasteiger charge is 2.50. The van der Waals surface area contributed by atoms with Gasteiger partial charge in [0.15, 0.2) is 0 Å². The van der Waals surface area contributed by atoms with Crippen LogP contribution < -0.4 is 5.48 Å². The summed E-state index contributed by atoms with van der Waals surface area (Å²) in [5, 5.41) is 8.92. The second-order valence-electron chi connectivity index (χ2n) is 9.54. The van der Waals surface area contributed by atoms with Crippen LogP contribution in [0, 0.1) is 5.41 Å². The van der Waals surface area contributed by atoms with E-state index in [0.29, 0.717) is 23.1 Å². The molecule has 6 nitrogen and oxygen atoms in total. The number of fused-ring (bicyclic) bond motifs is 1. The Bertz CT molecular complexity index is 747. The van der Waals surface area contributed by atoms with Crippen LogP contribution in [-0.4, -0.2) is 57.1 Å². The van der Waals surface area contributed by atoms with Crippen LogP contribution in [0.3, 0.4) is 0 Å². The van der Waals surface area contributed by atoms with Gasteiger partial charge in [0, 0.05) is 43.0 Å². The van der Waals surface area contributed by atoms with Crippen LogP contribution in [0.4, 0.5) is 0 Å². The van der Waals surface area contributed by atoms with Crippen molar-refractivity contribution in [2.45, 2.75) is 83.0 Å². The molecule has 2 aliphatic carbocycles. The lowest BCUT2D eigenvalue weighted by Gasteiger charge is -2.57. The van der Waals surface area contributed by atoms with Gasteiger partial charge < -0.3 is 4.90 Å². The predicted octanol–water partition coefficient (Wildman–Crippen LogP) is 2.74. The summed E-state index contributed by atoms with van der Waals surface area (Å²) in [5.74, 6) is -0.482. The van der Waals surface area contributed by atoms with Crippen molar-refractivity contribution in [3.05, 3.63) is 29.1 Å². The molecule has 1 atom stereocenters. The molecule has 2 aliphatic heterocycles. The van der Waals surface area contributed by atoms with Crippen LogP contribution in [-0.2, 0) is 13.0 Å². The van der Waals surface area contributed by atoms with E-state index in [1.165, 1.54) is 51.6 Å². The van der Waals surface area contributed by atoms with Gasteiger partial charge in [0.25, 0.3) is 5.91 Å². The van der Waals surface area contributed by atoms with Crippen molar-refractivity contribution < 1.29 is 10.0 Å². The summed E-state index contributed by atoms with van der Waals surface area (Å²) in [5.41, 5.74) is 5.01. The van der Waals surface area contributed by atoms with E-state index in [2.05, 4.69) is 21.7 Å². The fraction of sp³-hybridized carbons (Fsp3) is 0.727. The maximum Gasteiger partial charge on any atom is 0.276 e. The zero-order valence-corrected chi connectivity index (χ0v) is 16.9. The number of aromatic nitrogens is 1. The monoisotopic (exact) mass is 384 g/mol. The molecule has 1 saturated heterocycles. The first-order chi connectivity index (χ1) is 13.6. The Morgan fingerprint density at radius 2 is 2.04 bits per heavy atom. The fourth-order valence-corrected chi connectivity index (χ4v) is 5.91. The quantitative estimate of drug-likeness (QED) is 0.617. The van der Waals surface area contributed by atoms with Crippen LogP contribution in [0.15, 0.2) is 12.3 Å². The van der Waals surface area contributed by atoms with Crippen molar-refractivity contribution in [1.82, 2.24) is 20.3 Å². The summed E-state index contributed by atoms with van der Waals surface area (Å²) < 4.78 is 0. The van der Waals surface area contributed by atoms with Crippen LogP contribution in [0.5, 0.6) is 0 Å². The summed E-state index contributed by atoms with van der Waals surface area (Å²) >= 11 is 0. The molecule has 0 bridgehead atoms. The number of nitrogens with zero attached hydrogens (tertiary/aromatic N) is 3. The van der Waals surface area contributed by atoms with Gasteiger partial charge in [0.2, 0.25) is 0 Å². The maximum absolute atomic E-state index is 11.8. The number of hydroxylamine groups is 1. The summed E-state index contributed by atoms with van der Waals surface area (Å²) in [6.45, 7) is 5.77. The van der Waals surface area contributed by atoms with Gasteiger partial charge in [-0.25, -0.2) is 5.48 Å². The molecule has 6 heteroatoms. The first kappa shape index (κ1) is 18.5. The van der Waals surface area contributed by atoms with E-state index < -0.39 is 5.91 Å². The van der Waals surface area contributed by atoms with Gasteiger partial charge in [-0.15, -0.1) is 0 Å². The molecular formula is C22H32N4O2. The van der Waals surface area contributed by atoms with Crippen LogP contribution in [0.2, 0.25) is 0 Å². The molecule has 3 fully saturated rings. The van der Waals surface area contributed by atoms with Crippen molar-refractivity contribution in [1.29, 1.82) is 0 Å². The molecule has 0 aromatic carbocycles. The minimum Gasteiger partial charge on any atom is -0.300 e. The molecule has 4 aliphatic rings. The van der Waals surface area contributed by atoms with Crippen LogP contribution >= 0.6 is 0 Å². The van der Waals surface area contributed by atoms with Crippen LogP contribution in [0.1, 0.15) is 73.5 Å². The number of likely N-dealkylation sites (tertiary alicyclic amines) is 1. The van der Waals surface area contributed by atoms with Crippen molar-refractivity contribution in [3.63, 3.8) is 0 Å². The second-order valence-corrected chi connectivity index (χ2v) is 9.54. The molecule has 1 amide bonds. The Balaban J connectivity index is 1.26. The lowest BCUT2D eigenvalue weighted by Crippen LogP contribution is -2.58. The lowest BCUT2D eigenvalue weighted by molar-refractivity contribution is -0.0650. The molecule has 1 spiro atoms. The summed E-state index contributed by atoms with van der Waals surface area (Å²) in [7, 11) is 0. The van der Waals surface area contributed by atoms with Crippen molar-refractivity contribution in [3.8, 4) is 0 Å². The van der Waals surface area contributed by atoms with Gasteiger partial charge in [0.1, 0.15) is 0 Å². The highest BCUT2D eigenvalue weighted by Crippen LogP contribution is 2.53. The smallest absolute Gasteiger partial charge is 0.276 e. The van der Waals surface area contributed by atoms with Crippen LogP contribution in [0.25, 0.3) is 0 Å². The summed E-state index contributed by atoms with van der Waals surface area (Å²) in [6.07, 6.45) is 12.0. The molecule has 0 radical (unpaired) electrons. The highest BCUT2D eigenvalue weighted by atomic mass is 16.5. The standard InChI is InChI=1S/C22H32N4O2/c1-2-17-10-20-16(9-15(13-23-20)21(27)24-28)14-26(17)19-11-22(12-19)5-7-25(8-6-22)18-3-4-18/h9,13,17-19,28H,2-8,10-12,14H2,1H3,(H,24,27)/t17-/m0/s1. The fourth-order valence-electron chi connectivity index (χ4n) is 5.91. The molecule has 152 valence electrons. The molecule has 1 aromatic rings. The second kappa shape index (κ2) is 7.08. The molecule has 2 N–H and O–H groups in total. The maximum atomic E-state index is 11.8. The number of carbonyl (C=O) groups is 1. The van der Waals surface area contributed by atoms with Gasteiger partial charge in [-0.3, -0.25) is 19.9 Å². The Kier molecular flexibility index (Phi) is 4.68. The van der Waals surface area contributed by atoms with Gasteiger partial charge >= 0.3 is 0 Å². The average molecular weight is 385 g/mol. The third-order valence-corrected chi connectivity index (χ3v) is 7.87. The van der Waals surface area contributed by atoms with Gasteiger partial charge in [-0.2, -0.15) is 0 Å². The van der Waals surface area contributed by atoms with Gasteiger partial charge in [-0.05, 0) is 75.1 Å². The number of carbonyl (C=O) groups excluding carboxylic acids is 1. The minimum absolute atomic E-state index is 0.439. The normalized spacial score (nSPS) is 28.0. The van der Waals surface area contributed by atoms with E-state index in [9.17, 15) is 4.79 Å². The number of piperidine rings is 1. The molecule has 5 rings (SSSR count). The predicted molar refractivity (Wildman–Crippen MR) is 106 cm³/mol. The van der Waals surface area contributed by atoms with E-state index in [1.54, 1.807) is 11.7 Å². The van der Waals surface area contributed by atoms with Crippen molar-refractivity contribution >= 4 is 5.91 Å². The van der Waals surface area contributed by atoms with Gasteiger partial charge in [0.05, 0.1) is 5.56 Å². The third-order valence-electron chi connectivity index (χ3n) is 7.87. The van der Waals surface area contributed by atoms with E-state index in [-0.39, 0.29) is 0 Å². The zero-order chi connectivity index (χ0) is 19.3. The first-order valence-corrected chi connectivity index (χ1v) is 11.0. The number of amides is 1. The molecule has 3 heterocycles. The number of hydrogen-bond acceptors (Lipinski definition) is 5. The van der Waals surface area contributed by atoms with E-state index in [1.807, 2.05) is 6.07 Å². The number of pyridine rings is 1. The largest absolute Gasteiger partial charge is 0.300 e. The van der Waals surface area contributed by atoms with Crippen molar-refractivity contribution in [2.24, 2.45) is 5.41 Å². The third kappa shape index (κ3) is 3.25. The number of nitrogens with one attached hydrogen (secondary N) is 1. The van der Waals surface area contributed by atoms with E-state index >= 15 is 0 Å². The molecule has 0 unspecified atom stereocenters. The van der Waals surface area contributed by atoms with E-state index in [4.69, 9.17) is 5.21 Å². The number of hydrogen-bond donors (Lipinski definition) is 2. The number of rotatable bonds is 4.